The number of piperidine rings is 1. The number of anilines is 2. The summed E-state index contributed by atoms with van der Waals surface area (Å²) in [7, 11) is 0. The number of nitrogens with two attached hydrogens (primary N) is 1. The maximum Gasteiger partial charge on any atom is 0.227 e. The largest absolute Gasteiger partial charge is 0.384 e. The predicted molar refractivity (Wildman–Crippen MR) is 61.8 cm³/mol. The van der Waals surface area contributed by atoms with Crippen LogP contribution in [0.1, 0.15) is 25.5 Å². The second-order valence-electron chi connectivity index (χ2n) is 4.43. The molecule has 15 heavy (non-hydrogen) atoms. The third-order valence-electron chi connectivity index (χ3n) is 2.80. The number of aryl methyl sites for hydroxylation is 1. The lowest BCUT2D eigenvalue weighted by Crippen LogP contribution is -2.35. The van der Waals surface area contributed by atoms with E-state index in [0.29, 0.717) is 5.82 Å². The monoisotopic (exact) mass is 206 g/mol. The minimum absolute atomic E-state index is 0.565. The molecule has 0 radical (unpaired) electrons. The second-order valence-corrected chi connectivity index (χ2v) is 4.43. The molecule has 1 aromatic heterocycles. The van der Waals surface area contributed by atoms with Gasteiger partial charge in [-0.15, -0.1) is 0 Å². The zero-order chi connectivity index (χ0) is 10.8. The van der Waals surface area contributed by atoms with Gasteiger partial charge in [0, 0.05) is 24.8 Å². The highest BCUT2D eigenvalue weighted by atomic mass is 15.3. The van der Waals surface area contributed by atoms with Gasteiger partial charge in [0.05, 0.1) is 0 Å². The number of aromatic nitrogens is 2. The van der Waals surface area contributed by atoms with Gasteiger partial charge in [0.15, 0.2) is 0 Å². The van der Waals surface area contributed by atoms with Crippen LogP contribution in [0.4, 0.5) is 11.8 Å². The minimum Gasteiger partial charge on any atom is -0.384 e. The Balaban J connectivity index is 2.20. The first-order chi connectivity index (χ1) is 7.15. The average molecular weight is 206 g/mol. The summed E-state index contributed by atoms with van der Waals surface area (Å²) in [5.41, 5.74) is 6.66. The van der Waals surface area contributed by atoms with E-state index in [1.165, 1.54) is 12.8 Å². The standard InChI is InChI=1S/C11H18N4/c1-8-4-3-5-15(7-8)11-13-9(2)6-10(12)14-11/h6,8H,3-5,7H2,1-2H3,(H2,12,13,14)/t8-/m1/s1. The van der Waals surface area contributed by atoms with Crippen LogP contribution in [-0.4, -0.2) is 23.1 Å². The predicted octanol–water partition coefficient (Wildman–Crippen LogP) is 1.60. The van der Waals surface area contributed by atoms with Crippen LogP contribution in [0, 0.1) is 12.8 Å². The van der Waals surface area contributed by atoms with E-state index < -0.39 is 0 Å². The quantitative estimate of drug-likeness (QED) is 0.758. The van der Waals surface area contributed by atoms with Crippen molar-refractivity contribution in [1.29, 1.82) is 0 Å². The lowest BCUT2D eigenvalue weighted by molar-refractivity contribution is 0.442. The van der Waals surface area contributed by atoms with E-state index in [4.69, 9.17) is 5.73 Å². The van der Waals surface area contributed by atoms with Crippen LogP contribution in [0.2, 0.25) is 0 Å². The zero-order valence-corrected chi connectivity index (χ0v) is 9.40. The maximum absolute atomic E-state index is 5.72. The highest BCUT2D eigenvalue weighted by Gasteiger charge is 2.18. The minimum atomic E-state index is 0.565. The summed E-state index contributed by atoms with van der Waals surface area (Å²) in [4.78, 5) is 10.9. The summed E-state index contributed by atoms with van der Waals surface area (Å²) < 4.78 is 0. The summed E-state index contributed by atoms with van der Waals surface area (Å²) in [6.45, 7) is 6.32. The van der Waals surface area contributed by atoms with E-state index in [9.17, 15) is 0 Å². The normalized spacial score (nSPS) is 21.7. The molecule has 0 aliphatic carbocycles. The van der Waals surface area contributed by atoms with Crippen molar-refractivity contribution < 1.29 is 0 Å². The molecule has 0 bridgehead atoms. The summed E-state index contributed by atoms with van der Waals surface area (Å²) in [6, 6.07) is 1.80. The fourth-order valence-corrected chi connectivity index (χ4v) is 2.09. The number of hydrogen-bond acceptors (Lipinski definition) is 4. The molecule has 2 heterocycles. The van der Waals surface area contributed by atoms with Crippen LogP contribution in [-0.2, 0) is 0 Å². The van der Waals surface area contributed by atoms with Gasteiger partial charge in [0.1, 0.15) is 5.82 Å². The molecule has 1 aliphatic rings. The highest BCUT2D eigenvalue weighted by molar-refractivity contribution is 5.40. The molecule has 1 fully saturated rings. The van der Waals surface area contributed by atoms with Gasteiger partial charge in [0.25, 0.3) is 0 Å². The van der Waals surface area contributed by atoms with Crippen molar-refractivity contribution in [3.8, 4) is 0 Å². The first kappa shape index (κ1) is 10.2. The Morgan fingerprint density at radius 1 is 1.47 bits per heavy atom. The molecular formula is C11H18N4. The number of hydrogen-bond donors (Lipinski definition) is 1. The Morgan fingerprint density at radius 3 is 2.93 bits per heavy atom. The van der Waals surface area contributed by atoms with Crippen molar-refractivity contribution in [3.63, 3.8) is 0 Å². The highest BCUT2D eigenvalue weighted by Crippen LogP contribution is 2.20. The first-order valence-corrected chi connectivity index (χ1v) is 5.51. The molecular weight excluding hydrogens is 188 g/mol. The molecule has 1 saturated heterocycles. The first-order valence-electron chi connectivity index (χ1n) is 5.51. The van der Waals surface area contributed by atoms with Crippen molar-refractivity contribution >= 4 is 11.8 Å². The molecule has 0 amide bonds. The Kier molecular flexibility index (Phi) is 2.75. The van der Waals surface area contributed by atoms with Gasteiger partial charge in [-0.1, -0.05) is 6.92 Å². The molecule has 1 atom stereocenters. The van der Waals surface area contributed by atoms with Crippen LogP contribution >= 0.6 is 0 Å². The lowest BCUT2D eigenvalue weighted by Gasteiger charge is -2.31. The topological polar surface area (TPSA) is 55.0 Å². The molecule has 4 nitrogen and oxygen atoms in total. The Hall–Kier alpha value is -1.32. The number of nitrogen functional groups attached to an aromatic ring is 1. The van der Waals surface area contributed by atoms with Gasteiger partial charge in [-0.2, -0.15) is 4.98 Å². The SMILES string of the molecule is Cc1cc(N)nc(N2CCC[C@@H](C)C2)n1. The molecule has 1 aromatic rings. The van der Waals surface area contributed by atoms with Gasteiger partial charge >= 0.3 is 0 Å². The van der Waals surface area contributed by atoms with Gasteiger partial charge in [0.2, 0.25) is 5.95 Å². The molecule has 0 spiro atoms. The summed E-state index contributed by atoms with van der Waals surface area (Å²) >= 11 is 0. The summed E-state index contributed by atoms with van der Waals surface area (Å²) in [5.74, 6) is 2.08. The van der Waals surface area contributed by atoms with Gasteiger partial charge in [-0.3, -0.25) is 0 Å². The maximum atomic E-state index is 5.72. The average Bonchev–Trinajstić information content (AvgIpc) is 2.16. The fraction of sp³-hybridized carbons (Fsp3) is 0.636. The van der Waals surface area contributed by atoms with Crippen molar-refractivity contribution in [1.82, 2.24) is 9.97 Å². The number of rotatable bonds is 1. The number of nitrogens with zero attached hydrogens (tertiary/aromatic N) is 3. The molecule has 0 unspecified atom stereocenters. The lowest BCUT2D eigenvalue weighted by atomic mass is 10.0. The van der Waals surface area contributed by atoms with E-state index in [-0.39, 0.29) is 0 Å². The molecule has 82 valence electrons. The van der Waals surface area contributed by atoms with E-state index in [1.54, 1.807) is 6.07 Å². The van der Waals surface area contributed by atoms with E-state index >= 15 is 0 Å². The molecule has 2 N–H and O–H groups in total. The Morgan fingerprint density at radius 2 is 2.27 bits per heavy atom. The van der Waals surface area contributed by atoms with Crippen LogP contribution in [0.3, 0.4) is 0 Å². The van der Waals surface area contributed by atoms with Crippen molar-refractivity contribution in [3.05, 3.63) is 11.8 Å². The van der Waals surface area contributed by atoms with Crippen LogP contribution in [0.15, 0.2) is 6.07 Å². The summed E-state index contributed by atoms with van der Waals surface area (Å²) in [6.07, 6.45) is 2.52. The van der Waals surface area contributed by atoms with Gasteiger partial charge < -0.3 is 10.6 Å². The van der Waals surface area contributed by atoms with Crippen molar-refractivity contribution in [2.24, 2.45) is 5.92 Å². The van der Waals surface area contributed by atoms with E-state index in [1.807, 2.05) is 6.92 Å². The van der Waals surface area contributed by atoms with Crippen LogP contribution < -0.4 is 10.6 Å². The smallest absolute Gasteiger partial charge is 0.227 e. The fourth-order valence-electron chi connectivity index (χ4n) is 2.09. The second kappa shape index (κ2) is 4.04. The molecule has 4 heteroatoms. The third kappa shape index (κ3) is 2.37. The van der Waals surface area contributed by atoms with Crippen molar-refractivity contribution in [2.45, 2.75) is 26.7 Å². The molecule has 1 aliphatic heterocycles. The van der Waals surface area contributed by atoms with Gasteiger partial charge in [-0.05, 0) is 25.7 Å². The Labute approximate surface area is 90.5 Å². The third-order valence-corrected chi connectivity index (χ3v) is 2.80. The molecule has 0 aromatic carbocycles. The van der Waals surface area contributed by atoms with Gasteiger partial charge in [-0.25, -0.2) is 4.98 Å². The Bertz CT molecular complexity index is 330. The van der Waals surface area contributed by atoms with Crippen LogP contribution in [0.5, 0.6) is 0 Å². The molecule has 2 rings (SSSR count). The van der Waals surface area contributed by atoms with Crippen molar-refractivity contribution in [2.75, 3.05) is 23.7 Å². The van der Waals surface area contributed by atoms with Crippen LogP contribution in [0.25, 0.3) is 0 Å². The van der Waals surface area contributed by atoms with E-state index in [2.05, 4.69) is 21.8 Å². The molecule has 0 saturated carbocycles. The van der Waals surface area contributed by atoms with E-state index in [0.717, 1.165) is 30.6 Å². The zero-order valence-electron chi connectivity index (χ0n) is 9.40. The summed E-state index contributed by atoms with van der Waals surface area (Å²) in [5, 5.41) is 0.